The molecule has 4 heterocycles. The fourth-order valence-corrected chi connectivity index (χ4v) is 5.45. The lowest BCUT2D eigenvalue weighted by atomic mass is 10.0. The second kappa shape index (κ2) is 8.34. The smallest absolute Gasteiger partial charge is 0.323 e. The molecule has 2 atom stereocenters. The monoisotopic (exact) mass is 445 g/mol. The Kier molecular flexibility index (Phi) is 5.37. The summed E-state index contributed by atoms with van der Waals surface area (Å²) < 4.78 is 5.52. The zero-order chi connectivity index (χ0) is 22.2. The van der Waals surface area contributed by atoms with Gasteiger partial charge in [0.05, 0.1) is 35.4 Å². The highest BCUT2D eigenvalue weighted by atomic mass is 32.1. The van der Waals surface area contributed by atoms with Crippen LogP contribution in [-0.4, -0.2) is 47.2 Å². The molecule has 3 aromatic rings. The fraction of sp³-hybridized carbons (Fsp3) is 0.333. The molecule has 7 nitrogen and oxygen atoms in total. The standard InChI is InChI=1S/C24H23N5O2S/c1-14-6-18(7-15(2)26-14)22-21(17-5-3-4-16(8-17)9-25)27-23(32-22)28-24(30)29-10-19-12-31-13-20(19)11-29/h3-8,19-20H,10-13H2,1-2H3,(H,27,28,30). The first-order chi connectivity index (χ1) is 15.5. The Morgan fingerprint density at radius 3 is 2.53 bits per heavy atom. The SMILES string of the molecule is Cc1cc(-c2sc(NC(=O)N3CC4COCC4C3)nc2-c2cccc(C#N)c2)cc(C)n1. The third-order valence-electron chi connectivity index (χ3n) is 5.98. The molecule has 2 saturated heterocycles. The molecule has 2 aromatic heterocycles. The quantitative estimate of drug-likeness (QED) is 0.642. The van der Waals surface area contributed by atoms with Crippen molar-refractivity contribution in [3.63, 3.8) is 0 Å². The van der Waals surface area contributed by atoms with Crippen molar-refractivity contribution in [2.75, 3.05) is 31.6 Å². The minimum Gasteiger partial charge on any atom is -0.381 e. The summed E-state index contributed by atoms with van der Waals surface area (Å²) >= 11 is 1.44. The van der Waals surface area contributed by atoms with Crippen LogP contribution < -0.4 is 5.32 Å². The number of benzene rings is 1. The van der Waals surface area contributed by atoms with Crippen LogP contribution in [0.5, 0.6) is 0 Å². The summed E-state index contributed by atoms with van der Waals surface area (Å²) in [6, 6.07) is 13.5. The molecule has 1 aromatic carbocycles. The molecule has 32 heavy (non-hydrogen) atoms. The number of amides is 2. The van der Waals surface area contributed by atoms with Crippen LogP contribution >= 0.6 is 11.3 Å². The Balaban J connectivity index is 1.49. The van der Waals surface area contributed by atoms with Gasteiger partial charge in [0.2, 0.25) is 0 Å². The number of nitrogens with one attached hydrogen (secondary N) is 1. The predicted molar refractivity (Wildman–Crippen MR) is 123 cm³/mol. The van der Waals surface area contributed by atoms with Crippen LogP contribution in [0.3, 0.4) is 0 Å². The number of fused-ring (bicyclic) bond motifs is 1. The van der Waals surface area contributed by atoms with Gasteiger partial charge in [0.25, 0.3) is 0 Å². The lowest BCUT2D eigenvalue weighted by Gasteiger charge is -2.16. The summed E-state index contributed by atoms with van der Waals surface area (Å²) in [6.45, 7) is 6.82. The van der Waals surface area contributed by atoms with Gasteiger partial charge in [-0.1, -0.05) is 23.5 Å². The van der Waals surface area contributed by atoms with Gasteiger partial charge in [-0.2, -0.15) is 5.26 Å². The minimum absolute atomic E-state index is 0.126. The molecule has 8 heteroatoms. The van der Waals surface area contributed by atoms with Crippen molar-refractivity contribution in [1.29, 1.82) is 5.26 Å². The Morgan fingerprint density at radius 2 is 1.84 bits per heavy atom. The topological polar surface area (TPSA) is 91.1 Å². The van der Waals surface area contributed by atoms with Crippen molar-refractivity contribution in [3.8, 4) is 27.8 Å². The summed E-state index contributed by atoms with van der Waals surface area (Å²) in [5, 5.41) is 12.9. The number of pyridine rings is 1. The van der Waals surface area contributed by atoms with Gasteiger partial charge >= 0.3 is 6.03 Å². The van der Waals surface area contributed by atoms with E-state index < -0.39 is 0 Å². The summed E-state index contributed by atoms with van der Waals surface area (Å²) in [7, 11) is 0. The zero-order valence-electron chi connectivity index (χ0n) is 18.0. The number of carbonyl (C=O) groups excluding carboxylic acids is 1. The largest absolute Gasteiger partial charge is 0.381 e. The third kappa shape index (κ3) is 3.97. The first-order valence-electron chi connectivity index (χ1n) is 10.6. The van der Waals surface area contributed by atoms with Crippen LogP contribution in [-0.2, 0) is 4.74 Å². The van der Waals surface area contributed by atoms with Crippen LogP contribution in [0.4, 0.5) is 9.93 Å². The molecule has 162 valence electrons. The van der Waals surface area contributed by atoms with Crippen molar-refractivity contribution >= 4 is 22.5 Å². The Morgan fingerprint density at radius 1 is 1.12 bits per heavy atom. The number of hydrogen-bond donors (Lipinski definition) is 1. The van der Waals surface area contributed by atoms with Crippen LogP contribution in [0.1, 0.15) is 17.0 Å². The fourth-order valence-electron chi connectivity index (χ4n) is 4.49. The normalized spacial score (nSPS) is 19.6. The number of ether oxygens (including phenoxy) is 1. The molecule has 2 aliphatic rings. The Labute approximate surface area is 190 Å². The number of aromatic nitrogens is 2. The molecule has 2 amide bonds. The average Bonchev–Trinajstić information content (AvgIpc) is 3.48. The van der Waals surface area contributed by atoms with Gasteiger partial charge in [0, 0.05) is 41.9 Å². The highest BCUT2D eigenvalue weighted by molar-refractivity contribution is 7.19. The average molecular weight is 446 g/mol. The highest BCUT2D eigenvalue weighted by Gasteiger charge is 2.39. The molecule has 0 bridgehead atoms. The Hall–Kier alpha value is -3.28. The van der Waals surface area contributed by atoms with Crippen molar-refractivity contribution in [2.24, 2.45) is 11.8 Å². The minimum atomic E-state index is -0.126. The van der Waals surface area contributed by atoms with E-state index in [0.29, 0.717) is 35.6 Å². The lowest BCUT2D eigenvalue weighted by molar-refractivity contribution is 0.158. The van der Waals surface area contributed by atoms with E-state index in [-0.39, 0.29) is 6.03 Å². The van der Waals surface area contributed by atoms with Crippen LogP contribution in [0.15, 0.2) is 36.4 Å². The van der Waals surface area contributed by atoms with Gasteiger partial charge in [0.15, 0.2) is 5.13 Å². The lowest BCUT2D eigenvalue weighted by Crippen LogP contribution is -2.34. The molecule has 1 N–H and O–H groups in total. The van der Waals surface area contributed by atoms with Crippen LogP contribution in [0.2, 0.25) is 0 Å². The number of carbonyl (C=O) groups is 1. The van der Waals surface area contributed by atoms with E-state index in [1.807, 2.05) is 49.1 Å². The number of hydrogen-bond acceptors (Lipinski definition) is 6. The maximum atomic E-state index is 12.9. The summed E-state index contributed by atoms with van der Waals surface area (Å²) in [4.78, 5) is 25.0. The van der Waals surface area contributed by atoms with Crippen molar-refractivity contribution in [1.82, 2.24) is 14.9 Å². The van der Waals surface area contributed by atoms with Gasteiger partial charge in [0.1, 0.15) is 0 Å². The first-order valence-corrected chi connectivity index (χ1v) is 11.4. The third-order valence-corrected chi connectivity index (χ3v) is 7.00. The number of rotatable bonds is 3. The number of urea groups is 1. The van der Waals surface area contributed by atoms with Crippen molar-refractivity contribution in [3.05, 3.63) is 53.3 Å². The zero-order valence-corrected chi connectivity index (χ0v) is 18.8. The van der Waals surface area contributed by atoms with Gasteiger partial charge in [-0.15, -0.1) is 0 Å². The predicted octanol–water partition coefficient (Wildman–Crippen LogP) is 4.47. The first kappa shape index (κ1) is 20.6. The number of likely N-dealkylation sites (tertiary alicyclic amines) is 1. The van der Waals surface area contributed by atoms with Gasteiger partial charge < -0.3 is 9.64 Å². The molecule has 0 aliphatic carbocycles. The molecule has 5 rings (SSSR count). The Bertz CT molecular complexity index is 1200. The molecule has 0 saturated carbocycles. The number of nitrogens with zero attached hydrogens (tertiary/aromatic N) is 4. The molecular formula is C24H23N5O2S. The highest BCUT2D eigenvalue weighted by Crippen LogP contribution is 2.40. The van der Waals surface area contributed by atoms with E-state index in [0.717, 1.165) is 46.3 Å². The molecule has 2 aliphatic heterocycles. The summed E-state index contributed by atoms with van der Waals surface area (Å²) in [6.07, 6.45) is 0. The van der Waals surface area contributed by atoms with Crippen molar-refractivity contribution < 1.29 is 9.53 Å². The van der Waals surface area contributed by atoms with E-state index in [9.17, 15) is 10.1 Å². The number of aryl methyl sites for hydroxylation is 2. The number of anilines is 1. The van der Waals surface area contributed by atoms with E-state index in [1.54, 1.807) is 6.07 Å². The number of thiazole rings is 1. The van der Waals surface area contributed by atoms with Gasteiger partial charge in [-0.25, -0.2) is 9.78 Å². The maximum Gasteiger partial charge on any atom is 0.323 e. The maximum absolute atomic E-state index is 12.9. The molecule has 2 unspecified atom stereocenters. The van der Waals surface area contributed by atoms with Crippen molar-refractivity contribution in [2.45, 2.75) is 13.8 Å². The second-order valence-corrected chi connectivity index (χ2v) is 9.42. The molecule has 2 fully saturated rings. The van der Waals surface area contributed by atoms with Gasteiger partial charge in [-0.3, -0.25) is 10.3 Å². The van der Waals surface area contributed by atoms with E-state index in [2.05, 4.69) is 16.4 Å². The second-order valence-electron chi connectivity index (χ2n) is 8.42. The summed E-state index contributed by atoms with van der Waals surface area (Å²) in [5.41, 5.74) is 5.00. The van der Waals surface area contributed by atoms with E-state index >= 15 is 0 Å². The van der Waals surface area contributed by atoms with Gasteiger partial charge in [-0.05, 0) is 43.7 Å². The summed E-state index contributed by atoms with van der Waals surface area (Å²) in [5.74, 6) is 0.860. The molecular weight excluding hydrogens is 422 g/mol. The van der Waals surface area contributed by atoms with Crippen LogP contribution in [0.25, 0.3) is 21.7 Å². The van der Waals surface area contributed by atoms with E-state index in [4.69, 9.17) is 9.72 Å². The van der Waals surface area contributed by atoms with E-state index in [1.165, 1.54) is 11.3 Å². The number of nitriles is 1. The molecule has 0 radical (unpaired) electrons. The van der Waals surface area contributed by atoms with Crippen LogP contribution in [0, 0.1) is 37.0 Å². The molecule has 0 spiro atoms.